The number of aliphatic hydroxyl groups excluding tert-OH is 2. The lowest BCUT2D eigenvalue weighted by Gasteiger charge is -2.28. The van der Waals surface area contributed by atoms with Crippen molar-refractivity contribution >= 4 is 47.3 Å². The SMILES string of the molecule is CC(C)C[C@H](NC(=O)[C@H](CO)NC(=O)[C@H](CO)NC(=O)[C@H](Cc1cnc[nH]1)NC(=O)[C@@H](NC(=O)[C@H](CC(N)=O)NC(=O)[C@@H](N)C(C)C)C(C)C)C(=O)O. The van der Waals surface area contributed by atoms with Gasteiger partial charge in [-0.3, -0.25) is 33.6 Å². The maximum atomic E-state index is 13.6. The van der Waals surface area contributed by atoms with Crippen molar-refractivity contribution in [1.82, 2.24) is 41.9 Å². The molecule has 298 valence electrons. The Bertz CT molecular complexity index is 1420. The summed E-state index contributed by atoms with van der Waals surface area (Å²) in [5.41, 5.74) is 11.5. The molecule has 0 aliphatic heterocycles. The Hall–Kier alpha value is -5.15. The summed E-state index contributed by atoms with van der Waals surface area (Å²) in [7, 11) is 0. The summed E-state index contributed by atoms with van der Waals surface area (Å²) in [6, 6.07) is -9.98. The normalized spacial score (nSPS) is 15.2. The van der Waals surface area contributed by atoms with Gasteiger partial charge < -0.3 is 63.7 Å². The lowest BCUT2D eigenvalue weighted by Crippen LogP contribution is -2.62. The number of nitrogens with one attached hydrogen (secondary N) is 7. The average Bonchev–Trinajstić information content (AvgIpc) is 3.59. The van der Waals surface area contributed by atoms with Crippen LogP contribution in [0.1, 0.15) is 60.1 Å². The molecule has 0 aliphatic carbocycles. The number of primary amides is 1. The van der Waals surface area contributed by atoms with Crippen LogP contribution >= 0.6 is 0 Å². The molecule has 1 aromatic rings. The van der Waals surface area contributed by atoms with Gasteiger partial charge in [0.15, 0.2) is 0 Å². The van der Waals surface area contributed by atoms with Gasteiger partial charge in [-0.15, -0.1) is 0 Å². The smallest absolute Gasteiger partial charge is 0.326 e. The van der Waals surface area contributed by atoms with E-state index in [9.17, 15) is 53.7 Å². The fourth-order valence-corrected chi connectivity index (χ4v) is 4.76. The van der Waals surface area contributed by atoms with Crippen molar-refractivity contribution in [3.8, 4) is 0 Å². The zero-order chi connectivity index (χ0) is 40.6. The molecule has 14 N–H and O–H groups in total. The minimum absolute atomic E-state index is 0.0603. The molecule has 0 spiro atoms. The summed E-state index contributed by atoms with van der Waals surface area (Å²) in [6.45, 7) is 8.03. The first-order valence-electron chi connectivity index (χ1n) is 17.0. The average molecular weight is 755 g/mol. The van der Waals surface area contributed by atoms with Crippen LogP contribution in [0, 0.1) is 17.8 Å². The highest BCUT2D eigenvalue weighted by Gasteiger charge is 2.35. The van der Waals surface area contributed by atoms with E-state index in [4.69, 9.17) is 11.5 Å². The zero-order valence-electron chi connectivity index (χ0n) is 30.7. The van der Waals surface area contributed by atoms with Gasteiger partial charge in [-0.1, -0.05) is 41.5 Å². The van der Waals surface area contributed by atoms with E-state index < -0.39 is 115 Å². The molecule has 1 rings (SSSR count). The summed E-state index contributed by atoms with van der Waals surface area (Å²) in [4.78, 5) is 109. The minimum atomic E-state index is -1.72. The third-order valence-corrected chi connectivity index (χ3v) is 7.87. The van der Waals surface area contributed by atoms with Crippen LogP contribution in [0.2, 0.25) is 0 Å². The van der Waals surface area contributed by atoms with E-state index in [2.05, 4.69) is 41.9 Å². The van der Waals surface area contributed by atoms with Crippen molar-refractivity contribution in [2.24, 2.45) is 29.2 Å². The van der Waals surface area contributed by atoms with Crippen LogP contribution in [0.5, 0.6) is 0 Å². The lowest BCUT2D eigenvalue weighted by molar-refractivity contribution is -0.143. The fourth-order valence-electron chi connectivity index (χ4n) is 4.76. The highest BCUT2D eigenvalue weighted by Crippen LogP contribution is 2.09. The molecule has 53 heavy (non-hydrogen) atoms. The molecule has 0 saturated heterocycles. The number of aliphatic carboxylic acids is 1. The van der Waals surface area contributed by atoms with Crippen LogP contribution in [-0.4, -0.2) is 128 Å². The maximum absolute atomic E-state index is 13.6. The van der Waals surface area contributed by atoms with Crippen LogP contribution in [0.15, 0.2) is 12.5 Å². The largest absolute Gasteiger partial charge is 0.480 e. The molecule has 0 fully saturated rings. The molecule has 7 amide bonds. The molecular formula is C32H54N10O11. The summed E-state index contributed by atoms with van der Waals surface area (Å²) >= 11 is 0. The van der Waals surface area contributed by atoms with Gasteiger partial charge in [-0.25, -0.2) is 9.78 Å². The molecule has 21 heteroatoms. The molecule has 1 heterocycles. The monoisotopic (exact) mass is 754 g/mol. The zero-order valence-corrected chi connectivity index (χ0v) is 30.7. The summed E-state index contributed by atoms with van der Waals surface area (Å²) < 4.78 is 0. The Morgan fingerprint density at radius 1 is 0.679 bits per heavy atom. The Labute approximate surface area is 306 Å². The van der Waals surface area contributed by atoms with Crippen LogP contribution in [0.25, 0.3) is 0 Å². The number of rotatable bonds is 23. The third-order valence-electron chi connectivity index (χ3n) is 7.87. The first-order chi connectivity index (χ1) is 24.7. The first kappa shape index (κ1) is 45.9. The van der Waals surface area contributed by atoms with Crippen molar-refractivity contribution in [3.63, 3.8) is 0 Å². The number of nitrogens with two attached hydrogens (primary N) is 2. The molecular weight excluding hydrogens is 700 g/mol. The van der Waals surface area contributed by atoms with E-state index in [1.54, 1.807) is 41.5 Å². The van der Waals surface area contributed by atoms with E-state index in [1.807, 2.05) is 0 Å². The number of aliphatic hydroxyl groups is 2. The molecule has 0 bridgehead atoms. The molecule has 0 saturated carbocycles. The maximum Gasteiger partial charge on any atom is 0.326 e. The number of carbonyl (C=O) groups excluding carboxylic acids is 7. The van der Waals surface area contributed by atoms with Gasteiger partial charge in [0, 0.05) is 18.3 Å². The predicted octanol–water partition coefficient (Wildman–Crippen LogP) is -4.51. The lowest BCUT2D eigenvalue weighted by atomic mass is 10.0. The van der Waals surface area contributed by atoms with Crippen molar-refractivity contribution in [2.45, 2.75) is 103 Å². The van der Waals surface area contributed by atoms with Gasteiger partial charge in [0.25, 0.3) is 0 Å². The van der Waals surface area contributed by atoms with E-state index in [1.165, 1.54) is 12.5 Å². The van der Waals surface area contributed by atoms with Crippen molar-refractivity contribution in [3.05, 3.63) is 18.2 Å². The molecule has 0 radical (unpaired) electrons. The van der Waals surface area contributed by atoms with Crippen LogP contribution < -0.4 is 43.4 Å². The second kappa shape index (κ2) is 22.0. The van der Waals surface area contributed by atoms with Gasteiger partial charge in [-0.2, -0.15) is 0 Å². The Balaban J connectivity index is 3.20. The third kappa shape index (κ3) is 15.5. The summed E-state index contributed by atoms with van der Waals surface area (Å²) in [5.74, 6) is -8.98. The number of carboxylic acids is 1. The number of carbonyl (C=O) groups is 8. The fraction of sp³-hybridized carbons (Fsp3) is 0.656. The van der Waals surface area contributed by atoms with Crippen molar-refractivity contribution < 1.29 is 53.7 Å². The molecule has 1 aromatic heterocycles. The van der Waals surface area contributed by atoms with E-state index in [0.717, 1.165) is 0 Å². The standard InChI is InChI=1S/C32H54N10O11/c1-14(2)7-20(32(52)53)39-28(48)21(11-43)41-29(49)22(12-44)40-26(46)18(8-17-10-35-13-36-17)38-31(51)25(16(5)6)42-27(47)19(9-23(33)45)37-30(50)24(34)15(3)4/h10,13-16,18-22,24-25,43-44H,7-9,11-12,34H2,1-6H3,(H2,33,45)(H,35,36)(H,37,50)(H,38,51)(H,39,48)(H,40,46)(H,41,49)(H,42,47)(H,52,53)/t18-,19-,20-,21-,22-,24-,25-/m0/s1. The van der Waals surface area contributed by atoms with E-state index >= 15 is 0 Å². The number of aromatic nitrogens is 2. The second-order valence-corrected chi connectivity index (χ2v) is 13.6. The van der Waals surface area contributed by atoms with Crippen LogP contribution in [0.4, 0.5) is 0 Å². The quantitative estimate of drug-likeness (QED) is 0.0502. The van der Waals surface area contributed by atoms with E-state index in [0.29, 0.717) is 5.69 Å². The predicted molar refractivity (Wildman–Crippen MR) is 187 cm³/mol. The highest BCUT2D eigenvalue weighted by molar-refractivity contribution is 5.98. The molecule has 0 unspecified atom stereocenters. The van der Waals surface area contributed by atoms with Gasteiger partial charge in [-0.05, 0) is 24.2 Å². The van der Waals surface area contributed by atoms with Crippen molar-refractivity contribution in [2.75, 3.05) is 13.2 Å². The van der Waals surface area contributed by atoms with Gasteiger partial charge >= 0.3 is 5.97 Å². The molecule has 21 nitrogen and oxygen atoms in total. The molecule has 7 atom stereocenters. The van der Waals surface area contributed by atoms with Gasteiger partial charge in [0.05, 0.1) is 32.0 Å². The van der Waals surface area contributed by atoms with Crippen LogP contribution in [-0.2, 0) is 44.8 Å². The highest BCUT2D eigenvalue weighted by atomic mass is 16.4. The van der Waals surface area contributed by atoms with Gasteiger partial charge in [0.2, 0.25) is 41.4 Å². The topological polar surface area (TPSA) is 350 Å². The Kier molecular flexibility index (Phi) is 19.1. The van der Waals surface area contributed by atoms with E-state index in [-0.39, 0.29) is 24.7 Å². The number of aromatic amines is 1. The Morgan fingerprint density at radius 3 is 1.57 bits per heavy atom. The number of carboxylic acid groups (broad SMARTS) is 1. The summed E-state index contributed by atoms with van der Waals surface area (Å²) in [6.07, 6.45) is 1.89. The number of amides is 7. The van der Waals surface area contributed by atoms with Gasteiger partial charge in [0.1, 0.15) is 36.3 Å². The second-order valence-electron chi connectivity index (χ2n) is 13.6. The van der Waals surface area contributed by atoms with Crippen LogP contribution in [0.3, 0.4) is 0 Å². The Morgan fingerprint density at radius 2 is 1.15 bits per heavy atom. The van der Waals surface area contributed by atoms with Crippen molar-refractivity contribution in [1.29, 1.82) is 0 Å². The number of imidazole rings is 1. The minimum Gasteiger partial charge on any atom is -0.480 e. The number of hydrogen-bond donors (Lipinski definition) is 12. The first-order valence-corrected chi connectivity index (χ1v) is 17.0. The summed E-state index contributed by atoms with van der Waals surface area (Å²) in [5, 5.41) is 43.2. The molecule has 0 aliphatic rings. The number of hydrogen-bond acceptors (Lipinski definition) is 12. The molecule has 0 aromatic carbocycles. The number of H-pyrrole nitrogens is 1. The number of nitrogens with zero attached hydrogens (tertiary/aromatic N) is 1.